The summed E-state index contributed by atoms with van der Waals surface area (Å²) >= 11 is 0. The predicted octanol–water partition coefficient (Wildman–Crippen LogP) is 3.10. The first-order chi connectivity index (χ1) is 13.3. The van der Waals surface area contributed by atoms with Crippen LogP contribution in [0.5, 0.6) is 0 Å². The highest BCUT2D eigenvalue weighted by Crippen LogP contribution is 2.35. The lowest BCUT2D eigenvalue weighted by Crippen LogP contribution is -2.33. The van der Waals surface area contributed by atoms with Crippen molar-refractivity contribution in [3.05, 3.63) is 60.2 Å². The number of carbonyl (C=O) groups excluding carboxylic acids is 1. The topological polar surface area (TPSA) is 97.6 Å². The fraction of sp³-hybridized carbons (Fsp3) is 0.188. The van der Waals surface area contributed by atoms with Crippen LogP contribution in [0.1, 0.15) is 24.4 Å². The quantitative estimate of drug-likeness (QED) is 0.662. The van der Waals surface area contributed by atoms with Gasteiger partial charge in [-0.25, -0.2) is 24.1 Å². The van der Waals surface area contributed by atoms with E-state index in [1.165, 1.54) is 23.4 Å². The van der Waals surface area contributed by atoms with Gasteiger partial charge in [0.15, 0.2) is 5.82 Å². The minimum atomic E-state index is -4.83. The fourth-order valence-corrected chi connectivity index (χ4v) is 2.38. The summed E-state index contributed by atoms with van der Waals surface area (Å²) in [7, 11) is 0. The maximum atomic E-state index is 13.2. The summed E-state index contributed by atoms with van der Waals surface area (Å²) in [5.74, 6) is -0.596. The zero-order valence-electron chi connectivity index (χ0n) is 14.3. The lowest BCUT2D eigenvalue weighted by atomic mass is 10.1. The highest BCUT2D eigenvalue weighted by Gasteiger charge is 2.34. The van der Waals surface area contributed by atoms with Gasteiger partial charge in [0, 0.05) is 12.4 Å². The predicted molar refractivity (Wildman–Crippen MR) is 88.9 cm³/mol. The number of nitrogens with one attached hydrogen (secondary N) is 2. The molecule has 0 aliphatic carbocycles. The van der Waals surface area contributed by atoms with Crippen LogP contribution in [-0.4, -0.2) is 30.8 Å². The molecule has 2 N–H and O–H groups in total. The summed E-state index contributed by atoms with van der Waals surface area (Å²) in [4.78, 5) is 24.2. The fourth-order valence-electron chi connectivity index (χ4n) is 2.38. The van der Waals surface area contributed by atoms with Crippen molar-refractivity contribution in [1.82, 2.24) is 30.0 Å². The molecular weight excluding hydrogens is 382 g/mol. The molecule has 1 unspecified atom stereocenters. The van der Waals surface area contributed by atoms with Gasteiger partial charge in [-0.05, 0) is 31.2 Å². The average Bonchev–Trinajstić information content (AvgIpc) is 3.13. The van der Waals surface area contributed by atoms with Crippen LogP contribution in [-0.2, 0) is 6.18 Å². The van der Waals surface area contributed by atoms with Crippen molar-refractivity contribution >= 4 is 11.7 Å². The van der Waals surface area contributed by atoms with Crippen molar-refractivity contribution in [2.24, 2.45) is 0 Å². The SMILES string of the molecule is CC(NC(=O)Nc1ccc(F)cc1C(F)(F)F)c1ncnn1-c1ncccn1. The zero-order chi connectivity index (χ0) is 20.3. The molecule has 0 radical (unpaired) electrons. The highest BCUT2D eigenvalue weighted by atomic mass is 19.4. The van der Waals surface area contributed by atoms with Crippen molar-refractivity contribution in [3.63, 3.8) is 0 Å². The molecule has 0 spiro atoms. The molecule has 2 amide bonds. The van der Waals surface area contributed by atoms with Crippen LogP contribution in [0.15, 0.2) is 43.0 Å². The van der Waals surface area contributed by atoms with Crippen LogP contribution in [0.2, 0.25) is 0 Å². The Morgan fingerprint density at radius 3 is 2.57 bits per heavy atom. The molecule has 3 aromatic rings. The Hall–Kier alpha value is -3.57. The van der Waals surface area contributed by atoms with Gasteiger partial charge in [0.2, 0.25) is 0 Å². The maximum Gasteiger partial charge on any atom is 0.418 e. The van der Waals surface area contributed by atoms with E-state index >= 15 is 0 Å². The first-order valence-electron chi connectivity index (χ1n) is 7.87. The largest absolute Gasteiger partial charge is 0.418 e. The molecule has 12 heteroatoms. The van der Waals surface area contributed by atoms with Crippen LogP contribution in [0.4, 0.5) is 28.0 Å². The first kappa shape index (κ1) is 19.2. The molecule has 1 aromatic carbocycles. The molecule has 0 bridgehead atoms. The van der Waals surface area contributed by atoms with Crippen LogP contribution in [0, 0.1) is 5.82 Å². The van der Waals surface area contributed by atoms with Crippen molar-refractivity contribution in [3.8, 4) is 5.95 Å². The third-order valence-electron chi connectivity index (χ3n) is 3.59. The highest BCUT2D eigenvalue weighted by molar-refractivity contribution is 5.90. The van der Waals surface area contributed by atoms with Gasteiger partial charge in [-0.2, -0.15) is 23.0 Å². The zero-order valence-corrected chi connectivity index (χ0v) is 14.3. The summed E-state index contributed by atoms with van der Waals surface area (Å²) in [5.41, 5.74) is -1.87. The smallest absolute Gasteiger partial charge is 0.328 e. The number of benzene rings is 1. The maximum absolute atomic E-state index is 13.2. The molecule has 2 heterocycles. The van der Waals surface area contributed by atoms with E-state index in [4.69, 9.17) is 0 Å². The Labute approximate surface area is 155 Å². The van der Waals surface area contributed by atoms with Crippen LogP contribution >= 0.6 is 0 Å². The molecule has 0 saturated heterocycles. The molecule has 0 aliphatic rings. The van der Waals surface area contributed by atoms with E-state index in [-0.39, 0.29) is 11.8 Å². The van der Waals surface area contributed by atoms with E-state index in [1.54, 1.807) is 13.0 Å². The van der Waals surface area contributed by atoms with Gasteiger partial charge in [-0.15, -0.1) is 0 Å². The van der Waals surface area contributed by atoms with Gasteiger partial charge in [0.1, 0.15) is 12.1 Å². The summed E-state index contributed by atoms with van der Waals surface area (Å²) in [6.07, 6.45) is -0.623. The number of aromatic nitrogens is 5. The summed E-state index contributed by atoms with van der Waals surface area (Å²) < 4.78 is 53.5. The summed E-state index contributed by atoms with van der Waals surface area (Å²) in [6.45, 7) is 1.55. The first-order valence-corrected chi connectivity index (χ1v) is 7.87. The molecule has 2 aromatic heterocycles. The van der Waals surface area contributed by atoms with Gasteiger partial charge in [-0.1, -0.05) is 0 Å². The number of urea groups is 1. The molecule has 8 nitrogen and oxygen atoms in total. The number of alkyl halides is 3. The molecule has 3 rings (SSSR count). The van der Waals surface area contributed by atoms with Gasteiger partial charge >= 0.3 is 12.2 Å². The van der Waals surface area contributed by atoms with E-state index in [0.717, 1.165) is 12.1 Å². The van der Waals surface area contributed by atoms with Gasteiger partial charge < -0.3 is 10.6 Å². The monoisotopic (exact) mass is 395 g/mol. The lowest BCUT2D eigenvalue weighted by Gasteiger charge is -2.17. The van der Waals surface area contributed by atoms with Gasteiger partial charge in [-0.3, -0.25) is 0 Å². The Balaban J connectivity index is 1.76. The molecule has 0 saturated carbocycles. The third-order valence-corrected chi connectivity index (χ3v) is 3.59. The third kappa shape index (κ3) is 4.22. The molecule has 1 atom stereocenters. The number of anilines is 1. The number of carbonyl (C=O) groups is 1. The molecule has 146 valence electrons. The van der Waals surface area contributed by atoms with Crippen LogP contribution in [0.25, 0.3) is 5.95 Å². The summed E-state index contributed by atoms with van der Waals surface area (Å²) in [6, 6.07) is 1.88. The van der Waals surface area contributed by atoms with Crippen molar-refractivity contribution in [2.45, 2.75) is 19.1 Å². The Morgan fingerprint density at radius 1 is 1.18 bits per heavy atom. The standard InChI is InChI=1S/C16H13F4N7O/c1-9(13-23-8-24-27(13)14-21-5-2-6-22-14)25-15(28)26-12-4-3-10(17)7-11(12)16(18,19)20/h2-9H,1H3,(H2,25,26,28). The second kappa shape index (κ2) is 7.58. The van der Waals surface area contributed by atoms with E-state index in [1.807, 2.05) is 0 Å². The van der Waals surface area contributed by atoms with Crippen molar-refractivity contribution in [1.29, 1.82) is 0 Å². The van der Waals surface area contributed by atoms with E-state index < -0.39 is 35.3 Å². The van der Waals surface area contributed by atoms with E-state index in [2.05, 4.69) is 30.7 Å². The second-order valence-corrected chi connectivity index (χ2v) is 5.59. The molecule has 0 aliphatic heterocycles. The number of amides is 2. The average molecular weight is 395 g/mol. The lowest BCUT2D eigenvalue weighted by molar-refractivity contribution is -0.137. The van der Waals surface area contributed by atoms with Gasteiger partial charge in [0.05, 0.1) is 17.3 Å². The molecule has 28 heavy (non-hydrogen) atoms. The normalized spacial score (nSPS) is 12.5. The molecular formula is C16H13F4N7O. The second-order valence-electron chi connectivity index (χ2n) is 5.59. The number of rotatable bonds is 4. The van der Waals surface area contributed by atoms with Crippen molar-refractivity contribution in [2.75, 3.05) is 5.32 Å². The Morgan fingerprint density at radius 2 is 1.89 bits per heavy atom. The minimum absolute atomic E-state index is 0.210. The van der Waals surface area contributed by atoms with Crippen LogP contribution in [0.3, 0.4) is 0 Å². The minimum Gasteiger partial charge on any atom is -0.328 e. The number of nitrogens with zero attached hydrogens (tertiary/aromatic N) is 5. The molecule has 0 fully saturated rings. The number of hydrogen-bond donors (Lipinski definition) is 2. The van der Waals surface area contributed by atoms with Gasteiger partial charge in [0.25, 0.3) is 5.95 Å². The van der Waals surface area contributed by atoms with Crippen molar-refractivity contribution < 1.29 is 22.4 Å². The number of halogens is 4. The van der Waals surface area contributed by atoms with E-state index in [9.17, 15) is 22.4 Å². The Kier molecular flexibility index (Phi) is 5.20. The Bertz CT molecular complexity index is 975. The number of hydrogen-bond acceptors (Lipinski definition) is 5. The van der Waals surface area contributed by atoms with Crippen LogP contribution < -0.4 is 10.6 Å². The summed E-state index contributed by atoms with van der Waals surface area (Å²) in [5, 5.41) is 8.49. The van der Waals surface area contributed by atoms with E-state index in [0.29, 0.717) is 6.07 Å².